The van der Waals surface area contributed by atoms with Crippen molar-refractivity contribution in [3.63, 3.8) is 0 Å². The van der Waals surface area contributed by atoms with E-state index in [0.29, 0.717) is 6.61 Å². The molecule has 0 atom stereocenters. The molecule has 2 aromatic carbocycles. The van der Waals surface area contributed by atoms with Crippen LogP contribution in [0.3, 0.4) is 0 Å². The Kier molecular flexibility index (Phi) is 7.19. The molecule has 23 heavy (non-hydrogen) atoms. The smallest absolute Gasteiger partial charge is 0.191 e. The third kappa shape index (κ3) is 5.74. The number of guanidine groups is 1. The molecular weight excluding hydrogens is 401 g/mol. The third-order valence-corrected chi connectivity index (χ3v) is 3.50. The van der Waals surface area contributed by atoms with Gasteiger partial charge < -0.3 is 15.4 Å². The molecule has 0 aromatic heterocycles. The van der Waals surface area contributed by atoms with Gasteiger partial charge in [0.25, 0.3) is 0 Å². The van der Waals surface area contributed by atoms with Gasteiger partial charge in [0, 0.05) is 19.6 Å². The van der Waals surface area contributed by atoms with Gasteiger partial charge in [0.1, 0.15) is 12.4 Å². The van der Waals surface area contributed by atoms with Gasteiger partial charge in [-0.1, -0.05) is 42.5 Å². The fourth-order valence-electron chi connectivity index (χ4n) is 2.32. The first-order chi connectivity index (χ1) is 10.9. The molecule has 1 heterocycles. The second kappa shape index (κ2) is 9.39. The Balaban J connectivity index is 0.00000192. The minimum Gasteiger partial charge on any atom is -0.489 e. The maximum Gasteiger partial charge on any atom is 0.191 e. The van der Waals surface area contributed by atoms with E-state index in [2.05, 4.69) is 39.9 Å². The summed E-state index contributed by atoms with van der Waals surface area (Å²) in [5.41, 5.74) is 2.35. The van der Waals surface area contributed by atoms with Crippen LogP contribution in [-0.2, 0) is 13.2 Å². The van der Waals surface area contributed by atoms with Crippen molar-refractivity contribution in [2.45, 2.75) is 19.6 Å². The maximum absolute atomic E-state index is 5.85. The van der Waals surface area contributed by atoms with Crippen LogP contribution < -0.4 is 15.4 Å². The molecule has 0 spiro atoms. The van der Waals surface area contributed by atoms with Crippen LogP contribution in [0.2, 0.25) is 0 Å². The molecule has 0 bridgehead atoms. The zero-order chi connectivity index (χ0) is 15.0. The summed E-state index contributed by atoms with van der Waals surface area (Å²) in [5, 5.41) is 6.58. The first kappa shape index (κ1) is 17.6. The zero-order valence-corrected chi connectivity index (χ0v) is 15.3. The van der Waals surface area contributed by atoms with Crippen molar-refractivity contribution >= 4 is 29.9 Å². The van der Waals surface area contributed by atoms with Gasteiger partial charge in [0.2, 0.25) is 0 Å². The summed E-state index contributed by atoms with van der Waals surface area (Å²) in [4.78, 5) is 4.41. The number of ether oxygens (including phenoxy) is 1. The third-order valence-electron chi connectivity index (χ3n) is 3.50. The second-order valence-electron chi connectivity index (χ2n) is 5.29. The number of halogens is 1. The van der Waals surface area contributed by atoms with Gasteiger partial charge in [-0.2, -0.15) is 0 Å². The molecule has 4 nitrogen and oxygen atoms in total. The van der Waals surface area contributed by atoms with Crippen molar-refractivity contribution in [3.05, 3.63) is 65.7 Å². The maximum atomic E-state index is 5.85. The first-order valence-corrected chi connectivity index (χ1v) is 7.68. The monoisotopic (exact) mass is 423 g/mol. The zero-order valence-electron chi connectivity index (χ0n) is 13.0. The molecule has 3 rings (SSSR count). The molecule has 0 fully saturated rings. The van der Waals surface area contributed by atoms with Crippen LogP contribution in [-0.4, -0.2) is 19.0 Å². The van der Waals surface area contributed by atoms with Crippen LogP contribution in [0.4, 0.5) is 0 Å². The fourth-order valence-corrected chi connectivity index (χ4v) is 2.32. The summed E-state index contributed by atoms with van der Waals surface area (Å²) < 4.78 is 5.85. The summed E-state index contributed by atoms with van der Waals surface area (Å²) in [6.45, 7) is 3.22. The number of benzene rings is 2. The topological polar surface area (TPSA) is 45.6 Å². The van der Waals surface area contributed by atoms with E-state index in [0.717, 1.165) is 37.8 Å². The molecule has 1 aliphatic rings. The van der Waals surface area contributed by atoms with Crippen molar-refractivity contribution in [1.29, 1.82) is 0 Å². The lowest BCUT2D eigenvalue weighted by Gasteiger charge is -2.16. The summed E-state index contributed by atoms with van der Waals surface area (Å²) in [6, 6.07) is 18.4. The molecule has 1 aliphatic heterocycles. The Hall–Kier alpha value is -1.76. The molecule has 0 saturated carbocycles. The van der Waals surface area contributed by atoms with Gasteiger partial charge in [-0.3, -0.25) is 4.99 Å². The number of rotatable bonds is 5. The average Bonchev–Trinajstić information content (AvgIpc) is 2.60. The van der Waals surface area contributed by atoms with E-state index in [1.54, 1.807) is 0 Å². The van der Waals surface area contributed by atoms with Crippen LogP contribution in [0.25, 0.3) is 0 Å². The lowest BCUT2D eigenvalue weighted by Crippen LogP contribution is -2.40. The summed E-state index contributed by atoms with van der Waals surface area (Å²) >= 11 is 0. The molecular formula is C18H22IN3O. The molecule has 5 heteroatoms. The van der Waals surface area contributed by atoms with Crippen LogP contribution in [0.5, 0.6) is 5.75 Å². The van der Waals surface area contributed by atoms with Crippen molar-refractivity contribution < 1.29 is 4.74 Å². The minimum absolute atomic E-state index is 0. The standard InChI is InChI=1S/C18H21N3O.HI/c1-2-6-15(7-3-1)14-22-17-9-4-8-16(12-17)13-21-18-19-10-5-11-20-18;/h1-4,6-9,12H,5,10-11,13-14H2,(H2,19,20,21);1H. The summed E-state index contributed by atoms with van der Waals surface area (Å²) in [7, 11) is 0. The SMILES string of the molecule is I.c1ccc(COc2cccc(CNC3=NCCCN3)c2)cc1. The van der Waals surface area contributed by atoms with Gasteiger partial charge >= 0.3 is 0 Å². The van der Waals surface area contributed by atoms with Crippen molar-refractivity contribution in [3.8, 4) is 5.75 Å². The van der Waals surface area contributed by atoms with Crippen molar-refractivity contribution in [2.24, 2.45) is 4.99 Å². The largest absolute Gasteiger partial charge is 0.489 e. The highest BCUT2D eigenvalue weighted by molar-refractivity contribution is 14.0. The average molecular weight is 423 g/mol. The highest BCUT2D eigenvalue weighted by atomic mass is 127. The Morgan fingerprint density at radius 1 is 1.04 bits per heavy atom. The van der Waals surface area contributed by atoms with Crippen LogP contribution in [0.1, 0.15) is 17.5 Å². The highest BCUT2D eigenvalue weighted by Gasteiger charge is 2.03. The lowest BCUT2D eigenvalue weighted by molar-refractivity contribution is 0.306. The second-order valence-corrected chi connectivity index (χ2v) is 5.29. The molecule has 2 N–H and O–H groups in total. The Morgan fingerprint density at radius 2 is 1.87 bits per heavy atom. The molecule has 122 valence electrons. The molecule has 0 aliphatic carbocycles. The number of nitrogens with one attached hydrogen (secondary N) is 2. The predicted octanol–water partition coefficient (Wildman–Crippen LogP) is 3.32. The number of hydrogen-bond acceptors (Lipinski definition) is 4. The molecule has 0 saturated heterocycles. The molecule has 2 aromatic rings. The van der Waals surface area contributed by atoms with Gasteiger partial charge in [-0.15, -0.1) is 24.0 Å². The lowest BCUT2D eigenvalue weighted by atomic mass is 10.2. The van der Waals surface area contributed by atoms with E-state index in [4.69, 9.17) is 4.74 Å². The number of nitrogens with zero attached hydrogens (tertiary/aromatic N) is 1. The number of hydrogen-bond donors (Lipinski definition) is 2. The summed E-state index contributed by atoms with van der Waals surface area (Å²) in [5.74, 6) is 1.78. The quantitative estimate of drug-likeness (QED) is 0.726. The Bertz CT molecular complexity index is 631. The van der Waals surface area contributed by atoms with Crippen molar-refractivity contribution in [1.82, 2.24) is 10.6 Å². The Morgan fingerprint density at radius 3 is 2.65 bits per heavy atom. The van der Waals surface area contributed by atoms with E-state index in [9.17, 15) is 0 Å². The van der Waals surface area contributed by atoms with E-state index >= 15 is 0 Å². The van der Waals surface area contributed by atoms with E-state index in [1.807, 2.05) is 30.3 Å². The molecule has 0 unspecified atom stereocenters. The van der Waals surface area contributed by atoms with E-state index in [-0.39, 0.29) is 24.0 Å². The van der Waals surface area contributed by atoms with Crippen LogP contribution in [0.15, 0.2) is 59.6 Å². The van der Waals surface area contributed by atoms with Gasteiger partial charge in [-0.25, -0.2) is 0 Å². The van der Waals surface area contributed by atoms with Crippen molar-refractivity contribution in [2.75, 3.05) is 13.1 Å². The van der Waals surface area contributed by atoms with Gasteiger partial charge in [-0.05, 0) is 29.7 Å². The highest BCUT2D eigenvalue weighted by Crippen LogP contribution is 2.15. The fraction of sp³-hybridized carbons (Fsp3) is 0.278. The molecule has 0 amide bonds. The normalized spacial score (nSPS) is 13.3. The van der Waals surface area contributed by atoms with E-state index < -0.39 is 0 Å². The first-order valence-electron chi connectivity index (χ1n) is 7.68. The predicted molar refractivity (Wildman–Crippen MR) is 104 cm³/mol. The van der Waals surface area contributed by atoms with Crippen LogP contribution in [0, 0.1) is 0 Å². The number of aliphatic imine (C=N–C) groups is 1. The van der Waals surface area contributed by atoms with Gasteiger partial charge in [0.05, 0.1) is 0 Å². The minimum atomic E-state index is 0. The summed E-state index contributed by atoms with van der Waals surface area (Å²) in [6.07, 6.45) is 1.11. The Labute approximate surface area is 154 Å². The molecule has 0 radical (unpaired) electrons. The van der Waals surface area contributed by atoms with E-state index in [1.165, 1.54) is 11.1 Å². The van der Waals surface area contributed by atoms with Crippen LogP contribution >= 0.6 is 24.0 Å². The van der Waals surface area contributed by atoms with Gasteiger partial charge in [0.15, 0.2) is 5.96 Å².